The average Bonchev–Trinajstić information content (AvgIpc) is 2.59. The molecule has 0 aliphatic heterocycles. The predicted octanol–water partition coefficient (Wildman–Crippen LogP) is 7.09. The first-order valence-corrected chi connectivity index (χ1v) is 10.9. The lowest BCUT2D eigenvalue weighted by Gasteiger charge is -2.06. The van der Waals surface area contributed by atoms with Crippen molar-refractivity contribution in [3.05, 3.63) is 12.2 Å². The van der Waals surface area contributed by atoms with Crippen LogP contribution < -0.4 is 0 Å². The number of Topliss-reactive ketones (excluding diaryl/α,β-unsaturated/α-hetero) is 1. The number of carboxylic acids is 1. The zero-order valence-corrected chi connectivity index (χ0v) is 17.3. The Balaban J connectivity index is 3.37. The van der Waals surface area contributed by atoms with Gasteiger partial charge in [0.15, 0.2) is 0 Å². The molecule has 0 saturated heterocycles. The number of carboxylic acid groups (broad SMARTS) is 1. The number of unbranched alkanes of at least 4 members (excludes halogenated alkanes) is 13. The summed E-state index contributed by atoms with van der Waals surface area (Å²) in [5.41, 5.74) is 0. The third kappa shape index (κ3) is 17.7. The maximum atomic E-state index is 11.0. The van der Waals surface area contributed by atoms with E-state index in [9.17, 15) is 9.59 Å². The van der Waals surface area contributed by atoms with E-state index in [1.165, 1.54) is 90.4 Å². The fourth-order valence-electron chi connectivity index (χ4n) is 3.28. The topological polar surface area (TPSA) is 54.4 Å². The van der Waals surface area contributed by atoms with E-state index < -0.39 is 11.9 Å². The SMILES string of the molecule is CCCCCCCCCCCCCCC/C=C/CC(CC(C)=O)C(=O)O. The summed E-state index contributed by atoms with van der Waals surface area (Å²) in [6, 6.07) is 0. The molecule has 0 amide bonds. The quantitative estimate of drug-likeness (QED) is 0.196. The Morgan fingerprint density at radius 3 is 1.65 bits per heavy atom. The smallest absolute Gasteiger partial charge is 0.307 e. The van der Waals surface area contributed by atoms with Crippen molar-refractivity contribution >= 4 is 11.8 Å². The molecular formula is C23H42O3. The Kier molecular flexibility index (Phi) is 17.9. The molecule has 0 aromatic carbocycles. The van der Waals surface area contributed by atoms with Crippen LogP contribution in [0.15, 0.2) is 12.2 Å². The first-order chi connectivity index (χ1) is 12.6. The third-order valence-corrected chi connectivity index (χ3v) is 4.94. The van der Waals surface area contributed by atoms with Gasteiger partial charge in [-0.2, -0.15) is 0 Å². The van der Waals surface area contributed by atoms with Gasteiger partial charge in [0.05, 0.1) is 5.92 Å². The third-order valence-electron chi connectivity index (χ3n) is 4.94. The molecule has 0 aliphatic rings. The van der Waals surface area contributed by atoms with Crippen LogP contribution in [0.4, 0.5) is 0 Å². The van der Waals surface area contributed by atoms with Gasteiger partial charge in [0, 0.05) is 6.42 Å². The van der Waals surface area contributed by atoms with E-state index in [2.05, 4.69) is 13.0 Å². The Morgan fingerprint density at radius 2 is 1.23 bits per heavy atom. The minimum Gasteiger partial charge on any atom is -0.481 e. The summed E-state index contributed by atoms with van der Waals surface area (Å²) < 4.78 is 0. The lowest BCUT2D eigenvalue weighted by Crippen LogP contribution is -2.15. The maximum Gasteiger partial charge on any atom is 0.307 e. The van der Waals surface area contributed by atoms with Gasteiger partial charge >= 0.3 is 5.97 Å². The van der Waals surface area contributed by atoms with Gasteiger partial charge in [-0.3, -0.25) is 4.79 Å². The number of aliphatic carboxylic acids is 1. The van der Waals surface area contributed by atoms with Gasteiger partial charge in [-0.05, 0) is 26.2 Å². The monoisotopic (exact) mass is 366 g/mol. The molecule has 1 unspecified atom stereocenters. The molecule has 0 aromatic heterocycles. The molecule has 26 heavy (non-hydrogen) atoms. The van der Waals surface area contributed by atoms with Gasteiger partial charge in [-0.15, -0.1) is 0 Å². The van der Waals surface area contributed by atoms with Gasteiger partial charge in [-0.25, -0.2) is 0 Å². The number of ketones is 1. The van der Waals surface area contributed by atoms with Crippen molar-refractivity contribution < 1.29 is 14.7 Å². The van der Waals surface area contributed by atoms with Crippen LogP contribution in [0.2, 0.25) is 0 Å². The summed E-state index contributed by atoms with van der Waals surface area (Å²) in [6.07, 6.45) is 23.3. The highest BCUT2D eigenvalue weighted by molar-refractivity contribution is 5.82. The Hall–Kier alpha value is -1.12. The van der Waals surface area contributed by atoms with Crippen molar-refractivity contribution in [1.29, 1.82) is 0 Å². The van der Waals surface area contributed by atoms with Crippen molar-refractivity contribution in [3.63, 3.8) is 0 Å². The predicted molar refractivity (Wildman–Crippen MR) is 110 cm³/mol. The van der Waals surface area contributed by atoms with Gasteiger partial charge in [-0.1, -0.05) is 96.1 Å². The molecule has 1 N–H and O–H groups in total. The van der Waals surface area contributed by atoms with Crippen LogP contribution in [-0.4, -0.2) is 16.9 Å². The van der Waals surface area contributed by atoms with Crippen LogP contribution in [0.1, 0.15) is 117 Å². The Labute approximate surface area is 161 Å². The largest absolute Gasteiger partial charge is 0.481 e. The molecule has 0 aromatic rings. The number of hydrogen-bond donors (Lipinski definition) is 1. The van der Waals surface area contributed by atoms with Crippen molar-refractivity contribution in [2.24, 2.45) is 5.92 Å². The van der Waals surface area contributed by atoms with E-state index in [1.807, 2.05) is 6.08 Å². The highest BCUT2D eigenvalue weighted by atomic mass is 16.4. The number of allylic oxidation sites excluding steroid dienone is 2. The minimum absolute atomic E-state index is 0.0534. The van der Waals surface area contributed by atoms with Crippen LogP contribution in [-0.2, 0) is 9.59 Å². The number of hydrogen-bond acceptors (Lipinski definition) is 2. The van der Waals surface area contributed by atoms with Crippen LogP contribution in [0.25, 0.3) is 0 Å². The number of carbonyl (C=O) groups is 2. The number of rotatable bonds is 19. The summed E-state index contributed by atoms with van der Waals surface area (Å²) in [6.45, 7) is 3.72. The van der Waals surface area contributed by atoms with Gasteiger partial charge in [0.1, 0.15) is 5.78 Å². The van der Waals surface area contributed by atoms with Gasteiger partial charge in [0.25, 0.3) is 0 Å². The maximum absolute atomic E-state index is 11.0. The summed E-state index contributed by atoms with van der Waals surface area (Å²) in [5, 5.41) is 9.06. The van der Waals surface area contributed by atoms with E-state index >= 15 is 0 Å². The molecule has 1 atom stereocenters. The molecule has 0 saturated carbocycles. The van der Waals surface area contributed by atoms with Crippen LogP contribution in [0.5, 0.6) is 0 Å². The first-order valence-electron chi connectivity index (χ1n) is 10.9. The zero-order chi connectivity index (χ0) is 19.5. The molecule has 3 nitrogen and oxygen atoms in total. The normalized spacial score (nSPS) is 12.5. The average molecular weight is 367 g/mol. The summed E-state index contributed by atoms with van der Waals surface area (Å²) in [7, 11) is 0. The fraction of sp³-hybridized carbons (Fsp3) is 0.826. The van der Waals surface area contributed by atoms with Crippen molar-refractivity contribution in [1.82, 2.24) is 0 Å². The molecule has 152 valence electrons. The standard InChI is InChI=1S/C23H42O3/c1-3-4-5-6-7-8-9-10-11-12-13-14-15-16-17-18-19-22(23(25)26)20-21(2)24/h17-18,22H,3-16,19-20H2,1-2H3,(H,25,26)/b18-17+. The van der Waals surface area contributed by atoms with Crippen molar-refractivity contribution in [3.8, 4) is 0 Å². The fourth-order valence-corrected chi connectivity index (χ4v) is 3.28. The molecule has 0 bridgehead atoms. The lowest BCUT2D eigenvalue weighted by atomic mass is 9.99. The molecule has 0 radical (unpaired) electrons. The second-order valence-corrected chi connectivity index (χ2v) is 7.68. The van der Waals surface area contributed by atoms with Gasteiger partial charge < -0.3 is 9.90 Å². The summed E-state index contributed by atoms with van der Waals surface area (Å²) in [4.78, 5) is 22.1. The molecule has 0 heterocycles. The van der Waals surface area contributed by atoms with E-state index in [-0.39, 0.29) is 12.2 Å². The molecule has 3 heteroatoms. The zero-order valence-electron chi connectivity index (χ0n) is 17.3. The molecular weight excluding hydrogens is 324 g/mol. The Morgan fingerprint density at radius 1 is 0.769 bits per heavy atom. The van der Waals surface area contributed by atoms with E-state index in [1.54, 1.807) is 0 Å². The highest BCUT2D eigenvalue weighted by Crippen LogP contribution is 2.14. The lowest BCUT2D eigenvalue weighted by molar-refractivity contribution is -0.143. The molecule has 0 fully saturated rings. The summed E-state index contributed by atoms with van der Waals surface area (Å²) in [5.74, 6) is -1.48. The van der Waals surface area contributed by atoms with E-state index in [0.29, 0.717) is 6.42 Å². The van der Waals surface area contributed by atoms with E-state index in [4.69, 9.17) is 5.11 Å². The highest BCUT2D eigenvalue weighted by Gasteiger charge is 2.17. The van der Waals surface area contributed by atoms with Crippen LogP contribution in [0.3, 0.4) is 0 Å². The minimum atomic E-state index is -0.870. The van der Waals surface area contributed by atoms with Crippen molar-refractivity contribution in [2.45, 2.75) is 117 Å². The summed E-state index contributed by atoms with van der Waals surface area (Å²) >= 11 is 0. The van der Waals surface area contributed by atoms with Crippen LogP contribution in [0, 0.1) is 5.92 Å². The Bertz CT molecular complexity index is 374. The first kappa shape index (κ1) is 24.9. The van der Waals surface area contributed by atoms with Crippen LogP contribution >= 0.6 is 0 Å². The van der Waals surface area contributed by atoms with Crippen molar-refractivity contribution in [2.75, 3.05) is 0 Å². The molecule has 0 aliphatic carbocycles. The van der Waals surface area contributed by atoms with Gasteiger partial charge in [0.2, 0.25) is 0 Å². The molecule has 0 spiro atoms. The number of carbonyl (C=O) groups excluding carboxylic acids is 1. The molecule has 0 rings (SSSR count). The van der Waals surface area contributed by atoms with E-state index in [0.717, 1.165) is 6.42 Å². The second-order valence-electron chi connectivity index (χ2n) is 7.68. The second kappa shape index (κ2) is 18.7.